The molecule has 0 fully saturated rings. The smallest absolute Gasteiger partial charge is 0.236 e. The van der Waals surface area contributed by atoms with Crippen molar-refractivity contribution in [3.8, 4) is 11.5 Å². The second-order valence-corrected chi connectivity index (χ2v) is 9.92. The summed E-state index contributed by atoms with van der Waals surface area (Å²) >= 11 is 0.432. The van der Waals surface area contributed by atoms with Crippen LogP contribution in [0.2, 0.25) is 10.6 Å². The number of fused-ring (bicyclic) bond motifs is 1. The van der Waals surface area contributed by atoms with Crippen LogP contribution in [0, 0.1) is 0 Å². The van der Waals surface area contributed by atoms with Crippen LogP contribution in [0.5, 0.6) is 11.5 Å². The zero-order valence-corrected chi connectivity index (χ0v) is 20.5. The molecule has 0 N–H and O–H groups in total. The predicted octanol–water partition coefficient (Wildman–Crippen LogP) is 5.02. The molecule has 0 aliphatic carbocycles. The predicted molar refractivity (Wildman–Crippen MR) is 121 cm³/mol. The van der Waals surface area contributed by atoms with Crippen LogP contribution in [0.4, 0.5) is 0 Å². The molecular formula is C23H41AlO5. The quantitative estimate of drug-likeness (QED) is 0.292. The molecule has 29 heavy (non-hydrogen) atoms. The number of hydrogen-bond donors (Lipinski definition) is 0. The molecule has 0 amide bonds. The van der Waals surface area contributed by atoms with Gasteiger partial charge in [0.15, 0.2) is 11.5 Å². The Bertz CT molecular complexity index is 522. The average Bonchev–Trinajstić information content (AvgIpc) is 3.18. The minimum Gasteiger partial charge on any atom is -0.454 e. The third-order valence-corrected chi connectivity index (χ3v) is 5.98. The summed E-state index contributed by atoms with van der Waals surface area (Å²) in [6, 6.07) is 4.12. The van der Waals surface area contributed by atoms with Crippen LogP contribution in [0.3, 0.4) is 0 Å². The highest BCUT2D eigenvalue weighted by atomic mass is 27.1. The van der Waals surface area contributed by atoms with Crippen molar-refractivity contribution in [3.05, 3.63) is 23.3 Å². The zero-order chi connectivity index (χ0) is 21.2. The van der Waals surface area contributed by atoms with Gasteiger partial charge in [-0.25, -0.2) is 0 Å². The van der Waals surface area contributed by atoms with Gasteiger partial charge in [0.05, 0.1) is 33.0 Å². The van der Waals surface area contributed by atoms with Crippen LogP contribution in [-0.2, 0) is 27.2 Å². The van der Waals surface area contributed by atoms with Crippen LogP contribution in [0.1, 0.15) is 58.1 Å². The first-order valence-corrected chi connectivity index (χ1v) is 13.4. The standard InChI is InChI=1S/C19H30O5.2C2H5.Al.H/c1-3-5-7-20-8-9-21-10-11-22-14-17-13-19-18(23-15-24-19)12-16(17)6-4-2;2*1-2;;/h12-13H,3-11,14-15H2,1-2H3;2*1H2,2H3;;. The van der Waals surface area contributed by atoms with Gasteiger partial charge in [-0.1, -0.05) is 40.5 Å². The summed E-state index contributed by atoms with van der Waals surface area (Å²) in [7, 11) is 0. The monoisotopic (exact) mass is 424 g/mol. The molecule has 6 heteroatoms. The van der Waals surface area contributed by atoms with Crippen LogP contribution in [0.25, 0.3) is 0 Å². The number of aryl methyl sites for hydroxylation is 1. The Balaban J connectivity index is 0.000000749. The fourth-order valence-corrected chi connectivity index (χ4v) is 3.59. The molecule has 1 aliphatic rings. The largest absolute Gasteiger partial charge is 0.454 e. The van der Waals surface area contributed by atoms with Crippen molar-refractivity contribution in [3.63, 3.8) is 0 Å². The lowest BCUT2D eigenvalue weighted by Gasteiger charge is -2.11. The highest BCUT2D eigenvalue weighted by Crippen LogP contribution is 2.35. The van der Waals surface area contributed by atoms with Crippen LogP contribution >= 0.6 is 0 Å². The average molecular weight is 425 g/mol. The summed E-state index contributed by atoms with van der Waals surface area (Å²) in [6.45, 7) is 13.0. The van der Waals surface area contributed by atoms with Gasteiger partial charge in [0, 0.05) is 6.61 Å². The normalized spacial score (nSPS) is 11.9. The molecular weight excluding hydrogens is 383 g/mol. The van der Waals surface area contributed by atoms with Crippen molar-refractivity contribution in [2.45, 2.75) is 70.6 Å². The van der Waals surface area contributed by atoms with E-state index < -0.39 is 0 Å². The Labute approximate surface area is 184 Å². The number of hydrogen-bond acceptors (Lipinski definition) is 5. The lowest BCUT2D eigenvalue weighted by Crippen LogP contribution is -2.10. The van der Waals surface area contributed by atoms with Gasteiger partial charge >= 0.3 is 0 Å². The lowest BCUT2D eigenvalue weighted by molar-refractivity contribution is 0.0101. The SMILES string of the molecule is CCCCOCCOCCOCc1cc2c(cc1CCC)OCO2.C[CH2][AlH][CH2]C. The second-order valence-electron chi connectivity index (χ2n) is 7.21. The van der Waals surface area contributed by atoms with E-state index in [1.165, 1.54) is 21.7 Å². The molecule has 0 radical (unpaired) electrons. The molecule has 0 atom stereocenters. The van der Waals surface area contributed by atoms with E-state index in [1.807, 2.05) is 6.07 Å². The van der Waals surface area contributed by atoms with E-state index in [-0.39, 0.29) is 0 Å². The van der Waals surface area contributed by atoms with Gasteiger partial charge < -0.3 is 23.7 Å². The van der Waals surface area contributed by atoms with E-state index in [0.29, 0.717) is 55.0 Å². The zero-order valence-electron chi connectivity index (χ0n) is 19.1. The Kier molecular flexibility index (Phi) is 16.3. The van der Waals surface area contributed by atoms with E-state index in [4.69, 9.17) is 23.7 Å². The molecule has 1 aliphatic heterocycles. The van der Waals surface area contributed by atoms with Gasteiger partial charge in [0.25, 0.3) is 0 Å². The Morgan fingerprint density at radius 2 is 1.34 bits per heavy atom. The molecule has 1 aromatic rings. The summed E-state index contributed by atoms with van der Waals surface area (Å²) in [5.41, 5.74) is 2.44. The van der Waals surface area contributed by atoms with Gasteiger partial charge in [-0.15, -0.1) is 10.6 Å². The van der Waals surface area contributed by atoms with Crippen molar-refractivity contribution >= 4 is 15.2 Å². The molecule has 0 unspecified atom stereocenters. The van der Waals surface area contributed by atoms with Gasteiger partial charge in [-0.05, 0) is 36.1 Å². The minimum atomic E-state index is 0.305. The van der Waals surface area contributed by atoms with Crippen molar-refractivity contribution in [2.75, 3.05) is 39.8 Å². The number of benzene rings is 1. The molecule has 0 saturated carbocycles. The summed E-state index contributed by atoms with van der Waals surface area (Å²) in [5.74, 6) is 1.66. The van der Waals surface area contributed by atoms with E-state index in [9.17, 15) is 0 Å². The van der Waals surface area contributed by atoms with E-state index >= 15 is 0 Å². The summed E-state index contributed by atoms with van der Waals surface area (Å²) < 4.78 is 27.6. The topological polar surface area (TPSA) is 46.2 Å². The maximum Gasteiger partial charge on any atom is 0.236 e. The summed E-state index contributed by atoms with van der Waals surface area (Å²) in [5, 5.41) is 2.97. The number of unbranched alkanes of at least 4 members (excludes halogenated alkanes) is 1. The van der Waals surface area contributed by atoms with Crippen LogP contribution in [-0.4, -0.2) is 55.0 Å². The molecule has 166 valence electrons. The maximum atomic E-state index is 5.75. The first-order valence-electron chi connectivity index (χ1n) is 11.4. The third-order valence-electron chi connectivity index (χ3n) is 4.57. The fraction of sp³-hybridized carbons (Fsp3) is 0.739. The van der Waals surface area contributed by atoms with E-state index in [1.54, 1.807) is 0 Å². The van der Waals surface area contributed by atoms with Crippen LogP contribution < -0.4 is 9.47 Å². The van der Waals surface area contributed by atoms with Crippen LogP contribution in [0.15, 0.2) is 12.1 Å². The molecule has 5 nitrogen and oxygen atoms in total. The Morgan fingerprint density at radius 3 is 1.90 bits per heavy atom. The molecule has 1 aromatic carbocycles. The van der Waals surface area contributed by atoms with E-state index in [2.05, 4.69) is 33.8 Å². The molecule has 2 rings (SSSR count). The third kappa shape index (κ3) is 11.9. The van der Waals surface area contributed by atoms with Crippen molar-refractivity contribution in [1.82, 2.24) is 0 Å². The van der Waals surface area contributed by atoms with Crippen molar-refractivity contribution in [1.29, 1.82) is 0 Å². The molecule has 0 spiro atoms. The fourth-order valence-electron chi connectivity index (χ4n) is 2.88. The first-order chi connectivity index (χ1) is 14.3. The molecule has 0 saturated heterocycles. The highest BCUT2D eigenvalue weighted by molar-refractivity contribution is 6.34. The maximum absolute atomic E-state index is 5.75. The number of rotatable bonds is 15. The van der Waals surface area contributed by atoms with Gasteiger partial charge in [0.2, 0.25) is 22.0 Å². The Morgan fingerprint density at radius 1 is 0.759 bits per heavy atom. The minimum absolute atomic E-state index is 0.305. The number of ether oxygens (including phenoxy) is 5. The van der Waals surface area contributed by atoms with Crippen molar-refractivity contribution in [2.24, 2.45) is 0 Å². The Hall–Kier alpha value is -0.768. The molecule has 0 bridgehead atoms. The first kappa shape index (κ1) is 26.3. The summed E-state index contributed by atoms with van der Waals surface area (Å²) in [4.78, 5) is 0. The second kappa shape index (κ2) is 18.0. The van der Waals surface area contributed by atoms with Crippen molar-refractivity contribution < 1.29 is 23.7 Å². The molecule has 1 heterocycles. The van der Waals surface area contributed by atoms with Gasteiger partial charge in [-0.2, -0.15) is 0 Å². The molecule has 0 aromatic heterocycles. The van der Waals surface area contributed by atoms with Gasteiger partial charge in [-0.3, -0.25) is 0 Å². The highest BCUT2D eigenvalue weighted by Gasteiger charge is 2.16. The van der Waals surface area contributed by atoms with E-state index in [0.717, 1.165) is 43.8 Å². The lowest BCUT2D eigenvalue weighted by atomic mass is 10.0. The summed E-state index contributed by atoms with van der Waals surface area (Å²) in [6.07, 6.45) is 4.38. The van der Waals surface area contributed by atoms with Gasteiger partial charge in [0.1, 0.15) is 0 Å².